The zero-order chi connectivity index (χ0) is 14.7. The van der Waals surface area contributed by atoms with Crippen molar-refractivity contribution in [1.29, 1.82) is 0 Å². The van der Waals surface area contributed by atoms with Gasteiger partial charge in [-0.15, -0.1) is 11.3 Å². The summed E-state index contributed by atoms with van der Waals surface area (Å²) in [5, 5.41) is 6.80. The van der Waals surface area contributed by atoms with Crippen LogP contribution in [0.25, 0.3) is 0 Å². The summed E-state index contributed by atoms with van der Waals surface area (Å²) in [5.74, 6) is 0.0524. The van der Waals surface area contributed by atoms with Crippen LogP contribution in [0.4, 0.5) is 5.69 Å². The normalized spacial score (nSPS) is 14.4. The fraction of sp³-hybridized carbons (Fsp3) is 0.333. The maximum atomic E-state index is 12.6. The highest BCUT2D eigenvalue weighted by molar-refractivity contribution is 7.09. The third kappa shape index (κ3) is 3.36. The third-order valence-electron chi connectivity index (χ3n) is 3.52. The van der Waals surface area contributed by atoms with E-state index in [1.807, 2.05) is 16.3 Å². The van der Waals surface area contributed by atoms with E-state index < -0.39 is 0 Å². The Balaban J connectivity index is 1.80. The number of rotatable bonds is 4. The van der Waals surface area contributed by atoms with Gasteiger partial charge in [0.05, 0.1) is 12.1 Å². The number of aromatic nitrogens is 1. The molecule has 0 spiro atoms. The molecule has 1 N–H and O–H groups in total. The van der Waals surface area contributed by atoms with Crippen molar-refractivity contribution in [1.82, 2.24) is 9.88 Å². The monoisotopic (exact) mass is 321 g/mol. The zero-order valence-electron chi connectivity index (χ0n) is 11.5. The summed E-state index contributed by atoms with van der Waals surface area (Å²) in [5.41, 5.74) is 1.45. The molecule has 0 saturated carbocycles. The maximum Gasteiger partial charge on any atom is 0.256 e. The molecule has 0 unspecified atom stereocenters. The van der Waals surface area contributed by atoms with E-state index in [1.165, 1.54) is 0 Å². The zero-order valence-corrected chi connectivity index (χ0v) is 13.1. The lowest BCUT2D eigenvalue weighted by Gasteiger charge is -2.18. The number of hydrogen-bond acceptors (Lipinski definition) is 4. The van der Waals surface area contributed by atoms with Crippen molar-refractivity contribution in [3.63, 3.8) is 0 Å². The second kappa shape index (κ2) is 6.45. The predicted molar refractivity (Wildman–Crippen MR) is 86.0 cm³/mol. The lowest BCUT2D eigenvalue weighted by molar-refractivity contribution is 0.0793. The first kappa shape index (κ1) is 14.4. The smallest absolute Gasteiger partial charge is 0.256 e. The number of likely N-dealkylation sites (tertiary alicyclic amines) is 1. The maximum absolute atomic E-state index is 12.6. The summed E-state index contributed by atoms with van der Waals surface area (Å²) < 4.78 is 0. The molecular formula is C15H16ClN3OS. The van der Waals surface area contributed by atoms with Crippen LogP contribution in [0.1, 0.15) is 28.2 Å². The number of hydrogen-bond donors (Lipinski definition) is 1. The fourth-order valence-corrected chi connectivity index (χ4v) is 3.18. The van der Waals surface area contributed by atoms with E-state index in [0.717, 1.165) is 36.6 Å². The Hall–Kier alpha value is -1.59. The van der Waals surface area contributed by atoms with Crippen molar-refractivity contribution in [3.8, 4) is 0 Å². The SMILES string of the molecule is O=C(c1cc(Cl)ccc1NCc1nccs1)N1CCCC1. The summed E-state index contributed by atoms with van der Waals surface area (Å²) in [6.45, 7) is 2.27. The molecule has 0 radical (unpaired) electrons. The van der Waals surface area contributed by atoms with Gasteiger partial charge in [-0.25, -0.2) is 4.98 Å². The Labute approximate surface area is 132 Å². The van der Waals surface area contributed by atoms with Crippen LogP contribution in [-0.4, -0.2) is 28.9 Å². The van der Waals surface area contributed by atoms with Gasteiger partial charge in [0.25, 0.3) is 5.91 Å². The lowest BCUT2D eigenvalue weighted by Crippen LogP contribution is -2.28. The molecule has 0 atom stereocenters. The van der Waals surface area contributed by atoms with Crippen LogP contribution < -0.4 is 5.32 Å². The van der Waals surface area contributed by atoms with Crippen LogP contribution in [0.15, 0.2) is 29.8 Å². The number of benzene rings is 1. The number of carbonyl (C=O) groups is 1. The third-order valence-corrected chi connectivity index (χ3v) is 4.53. The standard InChI is InChI=1S/C15H16ClN3OS/c16-11-3-4-13(18-10-14-17-5-8-21-14)12(9-11)15(20)19-6-1-2-7-19/h3-5,8-9,18H,1-2,6-7,10H2. The van der Waals surface area contributed by atoms with Gasteiger partial charge >= 0.3 is 0 Å². The quantitative estimate of drug-likeness (QED) is 0.935. The Morgan fingerprint density at radius 2 is 2.19 bits per heavy atom. The molecule has 110 valence electrons. The number of nitrogens with one attached hydrogen (secondary N) is 1. The molecule has 1 aliphatic heterocycles. The number of carbonyl (C=O) groups excluding carboxylic acids is 1. The Morgan fingerprint density at radius 3 is 2.90 bits per heavy atom. The van der Waals surface area contributed by atoms with Crippen molar-refractivity contribution < 1.29 is 4.79 Å². The molecule has 4 nitrogen and oxygen atoms in total. The molecule has 2 heterocycles. The van der Waals surface area contributed by atoms with Gasteiger partial charge < -0.3 is 10.2 Å². The van der Waals surface area contributed by atoms with Gasteiger partial charge in [-0.05, 0) is 31.0 Å². The number of halogens is 1. The highest BCUT2D eigenvalue weighted by Crippen LogP contribution is 2.24. The van der Waals surface area contributed by atoms with Gasteiger partial charge in [0.15, 0.2) is 0 Å². The molecule has 1 amide bonds. The van der Waals surface area contributed by atoms with E-state index in [1.54, 1.807) is 29.7 Å². The van der Waals surface area contributed by atoms with E-state index in [4.69, 9.17) is 11.6 Å². The van der Waals surface area contributed by atoms with Gasteiger partial charge in [-0.3, -0.25) is 4.79 Å². The lowest BCUT2D eigenvalue weighted by atomic mass is 10.1. The molecule has 1 aromatic heterocycles. The summed E-state index contributed by atoms with van der Waals surface area (Å²) in [6, 6.07) is 5.40. The van der Waals surface area contributed by atoms with Crippen LogP contribution in [-0.2, 0) is 6.54 Å². The van der Waals surface area contributed by atoms with E-state index in [2.05, 4.69) is 10.3 Å². The Kier molecular flexibility index (Phi) is 4.41. The van der Waals surface area contributed by atoms with E-state index in [-0.39, 0.29) is 5.91 Å². The molecule has 0 aliphatic carbocycles. The van der Waals surface area contributed by atoms with Gasteiger partial charge in [-0.1, -0.05) is 11.6 Å². The molecule has 0 bridgehead atoms. The second-order valence-corrected chi connectivity index (χ2v) is 6.38. The van der Waals surface area contributed by atoms with Crippen molar-refractivity contribution in [2.24, 2.45) is 0 Å². The van der Waals surface area contributed by atoms with E-state index in [0.29, 0.717) is 17.1 Å². The average molecular weight is 322 g/mol. The first-order valence-corrected chi connectivity index (χ1v) is 8.21. The topological polar surface area (TPSA) is 45.2 Å². The summed E-state index contributed by atoms with van der Waals surface area (Å²) >= 11 is 7.65. The predicted octanol–water partition coefficient (Wildman–Crippen LogP) is 3.64. The molecule has 2 aromatic rings. The molecule has 1 saturated heterocycles. The highest BCUT2D eigenvalue weighted by Gasteiger charge is 2.22. The molecule has 1 fully saturated rings. The van der Waals surface area contributed by atoms with Crippen molar-refractivity contribution >= 4 is 34.5 Å². The van der Waals surface area contributed by atoms with Crippen molar-refractivity contribution in [3.05, 3.63) is 45.4 Å². The van der Waals surface area contributed by atoms with Crippen LogP contribution in [0, 0.1) is 0 Å². The molecule has 6 heteroatoms. The minimum Gasteiger partial charge on any atom is -0.378 e. The number of anilines is 1. The first-order chi connectivity index (χ1) is 10.2. The van der Waals surface area contributed by atoms with Gasteiger partial charge in [0, 0.05) is 35.4 Å². The van der Waals surface area contributed by atoms with Crippen molar-refractivity contribution in [2.45, 2.75) is 19.4 Å². The van der Waals surface area contributed by atoms with Gasteiger partial charge in [-0.2, -0.15) is 0 Å². The van der Waals surface area contributed by atoms with Gasteiger partial charge in [0.2, 0.25) is 0 Å². The summed E-state index contributed by atoms with van der Waals surface area (Å²) in [4.78, 5) is 18.7. The Morgan fingerprint density at radius 1 is 1.38 bits per heavy atom. The number of thiazole rings is 1. The fourth-order valence-electron chi connectivity index (χ4n) is 2.45. The Bertz CT molecular complexity index is 624. The molecule has 1 aromatic carbocycles. The molecule has 21 heavy (non-hydrogen) atoms. The van der Waals surface area contributed by atoms with Crippen LogP contribution in [0.2, 0.25) is 5.02 Å². The second-order valence-electron chi connectivity index (χ2n) is 4.97. The average Bonchev–Trinajstić information content (AvgIpc) is 3.18. The molecule has 3 rings (SSSR count). The molecular weight excluding hydrogens is 306 g/mol. The van der Waals surface area contributed by atoms with Crippen molar-refractivity contribution in [2.75, 3.05) is 18.4 Å². The highest BCUT2D eigenvalue weighted by atomic mass is 35.5. The molecule has 1 aliphatic rings. The number of amides is 1. The van der Waals surface area contributed by atoms with E-state index in [9.17, 15) is 4.79 Å². The van der Waals surface area contributed by atoms with Crippen LogP contribution >= 0.6 is 22.9 Å². The minimum atomic E-state index is 0.0524. The first-order valence-electron chi connectivity index (χ1n) is 6.95. The summed E-state index contributed by atoms with van der Waals surface area (Å²) in [6.07, 6.45) is 3.93. The largest absolute Gasteiger partial charge is 0.378 e. The van der Waals surface area contributed by atoms with Gasteiger partial charge in [0.1, 0.15) is 5.01 Å². The van der Waals surface area contributed by atoms with Crippen LogP contribution in [0.3, 0.4) is 0 Å². The minimum absolute atomic E-state index is 0.0524. The summed E-state index contributed by atoms with van der Waals surface area (Å²) in [7, 11) is 0. The number of nitrogens with zero attached hydrogens (tertiary/aromatic N) is 2. The van der Waals surface area contributed by atoms with E-state index >= 15 is 0 Å². The van der Waals surface area contributed by atoms with Crippen LogP contribution in [0.5, 0.6) is 0 Å².